The van der Waals surface area contributed by atoms with Crippen LogP contribution in [0.2, 0.25) is 0 Å². The van der Waals surface area contributed by atoms with Crippen molar-refractivity contribution in [2.75, 3.05) is 39.6 Å². The molecule has 6 atom stereocenters. The topological polar surface area (TPSA) is 237 Å². The molecule has 0 aliphatic carbocycles. The summed E-state index contributed by atoms with van der Waals surface area (Å²) in [5, 5.41) is 10.6. The number of rotatable bonds is 78. The highest BCUT2D eigenvalue weighted by Gasteiger charge is 2.30. The van der Waals surface area contributed by atoms with Gasteiger partial charge >= 0.3 is 39.5 Å². The molecule has 0 radical (unpaired) electrons. The summed E-state index contributed by atoms with van der Waals surface area (Å²) in [4.78, 5) is 72.8. The average Bonchev–Trinajstić information content (AvgIpc) is 1.00. The van der Waals surface area contributed by atoms with Crippen LogP contribution in [0.4, 0.5) is 0 Å². The molecule has 0 saturated heterocycles. The molecular formula is C80H156O17P2. The van der Waals surface area contributed by atoms with Crippen LogP contribution in [0, 0.1) is 17.8 Å². The lowest BCUT2D eigenvalue weighted by Crippen LogP contribution is -2.30. The van der Waals surface area contributed by atoms with Gasteiger partial charge in [0, 0.05) is 25.7 Å². The monoisotopic (exact) mass is 1450 g/mol. The molecule has 0 fully saturated rings. The molecule has 0 aliphatic heterocycles. The van der Waals surface area contributed by atoms with E-state index in [0.29, 0.717) is 31.6 Å². The maximum absolute atomic E-state index is 13.1. The Hall–Kier alpha value is -1.94. The number of carbonyl (C=O) groups excluding carboxylic acids is 4. The Labute approximate surface area is 607 Å². The fraction of sp³-hybridized carbons (Fsp3) is 0.950. The summed E-state index contributed by atoms with van der Waals surface area (Å²) in [6, 6.07) is 0. The summed E-state index contributed by atoms with van der Waals surface area (Å²) in [5.74, 6) is 0.0855. The van der Waals surface area contributed by atoms with Gasteiger partial charge in [0.15, 0.2) is 12.2 Å². The van der Waals surface area contributed by atoms with Crippen molar-refractivity contribution < 1.29 is 80.2 Å². The van der Waals surface area contributed by atoms with Gasteiger partial charge in [-0.25, -0.2) is 9.13 Å². The quantitative estimate of drug-likeness (QED) is 0.0222. The highest BCUT2D eigenvalue weighted by Crippen LogP contribution is 2.45. The van der Waals surface area contributed by atoms with Crippen molar-refractivity contribution in [1.82, 2.24) is 0 Å². The molecule has 99 heavy (non-hydrogen) atoms. The minimum Gasteiger partial charge on any atom is -0.462 e. The standard InChI is InChI=1S/C80H156O17P2/c1-8-10-11-12-13-14-15-16-17-18-19-20-21-22-23-26-30-33-36-39-49-56-63-79(84)96-75(67-90-77(82)61-54-47-38-35-32-29-27-24-25-28-31-34-37-44-51-58-71(3)4)69-94-98(86,87)92-65-74(81)66-93-99(88,89)95-70-76(68-91-78(83)62-55-48-42-40-45-52-59-72(5)6)97-80(85)64-57-50-43-41-46-53-60-73(7)9-2/h71-76,81H,8-70H2,1-7H3,(H,86,87)(H,88,89)/t73?,74-,75-,76-/m1/s1. The zero-order valence-corrected chi connectivity index (χ0v) is 66.8. The molecule has 0 bridgehead atoms. The van der Waals surface area contributed by atoms with E-state index < -0.39 is 97.5 Å². The van der Waals surface area contributed by atoms with Gasteiger partial charge < -0.3 is 33.8 Å². The third kappa shape index (κ3) is 72.8. The van der Waals surface area contributed by atoms with Crippen molar-refractivity contribution >= 4 is 39.5 Å². The van der Waals surface area contributed by atoms with Gasteiger partial charge in [0.2, 0.25) is 0 Å². The second kappa shape index (κ2) is 70.4. The van der Waals surface area contributed by atoms with Crippen LogP contribution in [0.15, 0.2) is 0 Å². The second-order valence-corrected chi connectivity index (χ2v) is 32.9. The smallest absolute Gasteiger partial charge is 0.462 e. The highest BCUT2D eigenvalue weighted by atomic mass is 31.2. The molecule has 3 N–H and O–H groups in total. The van der Waals surface area contributed by atoms with Gasteiger partial charge in [-0.2, -0.15) is 0 Å². The summed E-state index contributed by atoms with van der Waals surface area (Å²) in [6.45, 7) is 11.8. The number of phosphoric acid groups is 2. The van der Waals surface area contributed by atoms with E-state index in [9.17, 15) is 43.2 Å². The number of esters is 4. The third-order valence-corrected chi connectivity index (χ3v) is 20.9. The normalized spacial score (nSPS) is 14.3. The molecule has 3 unspecified atom stereocenters. The summed E-state index contributed by atoms with van der Waals surface area (Å²) < 4.78 is 68.6. The fourth-order valence-electron chi connectivity index (χ4n) is 12.3. The predicted molar refractivity (Wildman–Crippen MR) is 405 cm³/mol. The van der Waals surface area contributed by atoms with E-state index in [0.717, 1.165) is 108 Å². The molecule has 588 valence electrons. The lowest BCUT2D eigenvalue weighted by Gasteiger charge is -2.21. The molecular weight excluding hydrogens is 1290 g/mol. The van der Waals surface area contributed by atoms with Crippen LogP contribution >= 0.6 is 15.6 Å². The zero-order chi connectivity index (χ0) is 73.0. The number of unbranched alkanes of at least 4 members (excludes halogenated alkanes) is 45. The first-order valence-electron chi connectivity index (χ1n) is 41.4. The van der Waals surface area contributed by atoms with Gasteiger partial charge in [-0.1, -0.05) is 363 Å². The van der Waals surface area contributed by atoms with Gasteiger partial charge in [0.1, 0.15) is 19.3 Å². The van der Waals surface area contributed by atoms with Gasteiger partial charge in [-0.3, -0.25) is 37.3 Å². The minimum absolute atomic E-state index is 0.102. The van der Waals surface area contributed by atoms with Crippen LogP contribution in [-0.4, -0.2) is 96.7 Å². The van der Waals surface area contributed by atoms with E-state index >= 15 is 0 Å². The van der Waals surface area contributed by atoms with E-state index in [2.05, 4.69) is 48.5 Å². The molecule has 0 rings (SSSR count). The molecule has 0 aromatic rings. The van der Waals surface area contributed by atoms with Crippen LogP contribution in [-0.2, 0) is 65.4 Å². The number of hydrogen-bond donors (Lipinski definition) is 3. The summed E-state index contributed by atoms with van der Waals surface area (Å²) in [7, 11) is -9.91. The molecule has 0 spiro atoms. The van der Waals surface area contributed by atoms with Gasteiger partial charge in [-0.15, -0.1) is 0 Å². The average molecular weight is 1450 g/mol. The lowest BCUT2D eigenvalue weighted by atomic mass is 10.00. The van der Waals surface area contributed by atoms with Crippen molar-refractivity contribution in [3.8, 4) is 0 Å². The van der Waals surface area contributed by atoms with E-state index in [1.54, 1.807) is 0 Å². The summed E-state index contributed by atoms with van der Waals surface area (Å²) >= 11 is 0. The first kappa shape index (κ1) is 97.1. The van der Waals surface area contributed by atoms with E-state index in [4.69, 9.17) is 37.0 Å². The van der Waals surface area contributed by atoms with Crippen LogP contribution in [0.5, 0.6) is 0 Å². The molecule has 19 heteroatoms. The summed E-state index contributed by atoms with van der Waals surface area (Å²) in [6.07, 6.45) is 58.8. The third-order valence-electron chi connectivity index (χ3n) is 19.0. The summed E-state index contributed by atoms with van der Waals surface area (Å²) in [5.41, 5.74) is 0. The predicted octanol–water partition coefficient (Wildman–Crippen LogP) is 23.7. The Morgan fingerprint density at radius 3 is 0.768 bits per heavy atom. The van der Waals surface area contributed by atoms with Crippen LogP contribution in [0.3, 0.4) is 0 Å². The Balaban J connectivity index is 5.18. The van der Waals surface area contributed by atoms with Gasteiger partial charge in [0.05, 0.1) is 26.4 Å². The van der Waals surface area contributed by atoms with Crippen molar-refractivity contribution in [3.05, 3.63) is 0 Å². The highest BCUT2D eigenvalue weighted by molar-refractivity contribution is 7.47. The Kier molecular flexibility index (Phi) is 69.0. The van der Waals surface area contributed by atoms with Crippen LogP contribution in [0.1, 0.15) is 414 Å². The first-order chi connectivity index (χ1) is 47.8. The number of aliphatic hydroxyl groups is 1. The molecule has 0 amide bonds. The van der Waals surface area contributed by atoms with E-state index in [1.807, 2.05) is 0 Å². The minimum atomic E-state index is -4.96. The number of carbonyl (C=O) groups is 4. The second-order valence-electron chi connectivity index (χ2n) is 30.0. The van der Waals surface area contributed by atoms with E-state index in [-0.39, 0.29) is 25.7 Å². The maximum Gasteiger partial charge on any atom is 0.472 e. The van der Waals surface area contributed by atoms with Crippen molar-refractivity contribution in [3.63, 3.8) is 0 Å². The largest absolute Gasteiger partial charge is 0.472 e. The van der Waals surface area contributed by atoms with E-state index in [1.165, 1.54) is 218 Å². The molecule has 0 aromatic carbocycles. The molecule has 0 heterocycles. The van der Waals surface area contributed by atoms with Crippen molar-refractivity contribution in [1.29, 1.82) is 0 Å². The Morgan fingerprint density at radius 1 is 0.293 bits per heavy atom. The molecule has 0 aromatic heterocycles. The fourth-order valence-corrected chi connectivity index (χ4v) is 13.9. The molecule has 0 aliphatic rings. The van der Waals surface area contributed by atoms with Crippen molar-refractivity contribution in [2.24, 2.45) is 17.8 Å². The number of hydrogen-bond acceptors (Lipinski definition) is 15. The number of ether oxygens (including phenoxy) is 4. The van der Waals surface area contributed by atoms with Crippen LogP contribution < -0.4 is 0 Å². The van der Waals surface area contributed by atoms with Gasteiger partial charge in [0.25, 0.3) is 0 Å². The van der Waals surface area contributed by atoms with Crippen molar-refractivity contribution in [2.45, 2.75) is 433 Å². The Morgan fingerprint density at radius 2 is 0.515 bits per heavy atom. The zero-order valence-electron chi connectivity index (χ0n) is 65.0. The maximum atomic E-state index is 13.1. The lowest BCUT2D eigenvalue weighted by molar-refractivity contribution is -0.161. The van der Waals surface area contributed by atoms with Crippen LogP contribution in [0.25, 0.3) is 0 Å². The number of phosphoric ester groups is 2. The molecule has 17 nitrogen and oxygen atoms in total. The SMILES string of the molecule is CCCCCCCCCCCCCCCCCCCCCCCCC(=O)O[C@H](COC(=O)CCCCCCCCCCCCCCCCCC(C)C)COP(=O)(O)OC[C@@H](O)COP(=O)(O)OC[C@@H](COC(=O)CCCCCCCCC(C)C)OC(=O)CCCCCCCCC(C)CC. The number of aliphatic hydroxyl groups excluding tert-OH is 1. The molecule has 0 saturated carbocycles. The first-order valence-corrected chi connectivity index (χ1v) is 44.4. The Bertz CT molecular complexity index is 1920. The van der Waals surface area contributed by atoms with Gasteiger partial charge in [-0.05, 0) is 43.4 Å².